The van der Waals surface area contributed by atoms with Crippen molar-refractivity contribution in [3.8, 4) is 0 Å². The first-order valence-electron chi connectivity index (χ1n) is 10.5. The zero-order chi connectivity index (χ0) is 20.2. The van der Waals surface area contributed by atoms with Gasteiger partial charge in [-0.2, -0.15) is 0 Å². The highest BCUT2D eigenvalue weighted by Crippen LogP contribution is 2.66. The minimum absolute atomic E-state index is 0.0920. The summed E-state index contributed by atoms with van der Waals surface area (Å²) in [5.74, 6) is -2.23. The van der Waals surface area contributed by atoms with Gasteiger partial charge in [0.2, 0.25) is 5.79 Å². The van der Waals surface area contributed by atoms with E-state index in [-0.39, 0.29) is 42.1 Å². The topological polar surface area (TPSA) is 87.1 Å². The number of aliphatic hydroxyl groups excluding tert-OH is 1. The van der Waals surface area contributed by atoms with E-state index in [9.17, 15) is 19.8 Å². The van der Waals surface area contributed by atoms with Gasteiger partial charge in [-0.05, 0) is 36.2 Å². The van der Waals surface area contributed by atoms with E-state index in [2.05, 4.69) is 27.7 Å². The zero-order valence-electron chi connectivity index (χ0n) is 17.0. The maximum Gasteiger partial charge on any atom is 0.262 e. The van der Waals surface area contributed by atoms with E-state index < -0.39 is 17.3 Å². The highest BCUT2D eigenvalue weighted by molar-refractivity contribution is 6.24. The van der Waals surface area contributed by atoms with Gasteiger partial charge in [0, 0.05) is 29.9 Å². The molecule has 5 aliphatic rings. The summed E-state index contributed by atoms with van der Waals surface area (Å²) >= 11 is 0. The molecule has 0 aromatic rings. The number of hydrogen-bond donors (Lipinski definition) is 2. The summed E-state index contributed by atoms with van der Waals surface area (Å²) < 4.78 is 5.89. The van der Waals surface area contributed by atoms with Crippen LogP contribution in [0.25, 0.3) is 0 Å². The Labute approximate surface area is 165 Å². The molecule has 3 aliphatic carbocycles. The van der Waals surface area contributed by atoms with Gasteiger partial charge in [-0.15, -0.1) is 0 Å². The summed E-state index contributed by atoms with van der Waals surface area (Å²) in [5.41, 5.74) is 1.63. The molecule has 1 fully saturated rings. The van der Waals surface area contributed by atoms with Crippen LogP contribution < -0.4 is 0 Å². The summed E-state index contributed by atoms with van der Waals surface area (Å²) in [6.45, 7) is 8.77. The fourth-order valence-electron chi connectivity index (χ4n) is 6.94. The van der Waals surface area contributed by atoms with Gasteiger partial charge in [-0.1, -0.05) is 27.7 Å². The van der Waals surface area contributed by atoms with Gasteiger partial charge in [0.25, 0.3) is 5.91 Å². The van der Waals surface area contributed by atoms with Crippen LogP contribution in [0, 0.1) is 22.7 Å². The second kappa shape index (κ2) is 5.35. The van der Waals surface area contributed by atoms with E-state index in [1.807, 2.05) is 0 Å². The summed E-state index contributed by atoms with van der Waals surface area (Å²) in [7, 11) is 0. The number of amides is 1. The maximum absolute atomic E-state index is 13.3. The Balaban J connectivity index is 1.90. The van der Waals surface area contributed by atoms with E-state index >= 15 is 0 Å². The van der Waals surface area contributed by atoms with Crippen molar-refractivity contribution in [1.29, 1.82) is 0 Å². The predicted octanol–water partition coefficient (Wildman–Crippen LogP) is 1.91. The Morgan fingerprint density at radius 2 is 1.89 bits per heavy atom. The minimum Gasteiger partial charge on any atom is -0.387 e. The zero-order valence-corrected chi connectivity index (χ0v) is 17.0. The lowest BCUT2D eigenvalue weighted by Gasteiger charge is -2.38. The van der Waals surface area contributed by atoms with E-state index in [1.54, 1.807) is 4.90 Å². The summed E-state index contributed by atoms with van der Waals surface area (Å²) in [6, 6.07) is 0. The average Bonchev–Trinajstić information content (AvgIpc) is 2.86. The molecule has 1 saturated carbocycles. The third-order valence-electron chi connectivity index (χ3n) is 8.20. The molecule has 0 spiro atoms. The van der Waals surface area contributed by atoms with Crippen molar-refractivity contribution < 1.29 is 24.5 Å². The van der Waals surface area contributed by atoms with Crippen LogP contribution in [0.4, 0.5) is 0 Å². The van der Waals surface area contributed by atoms with Crippen molar-refractivity contribution in [2.75, 3.05) is 13.2 Å². The van der Waals surface area contributed by atoms with Crippen LogP contribution in [0.5, 0.6) is 0 Å². The van der Waals surface area contributed by atoms with Crippen molar-refractivity contribution in [3.63, 3.8) is 0 Å². The Morgan fingerprint density at radius 1 is 1.18 bits per heavy atom. The molecule has 2 aliphatic heterocycles. The monoisotopic (exact) mass is 387 g/mol. The third-order valence-corrected chi connectivity index (χ3v) is 8.20. The van der Waals surface area contributed by atoms with Gasteiger partial charge in [0.05, 0.1) is 17.9 Å². The number of aliphatic hydroxyl groups is 2. The number of hydrogen-bond acceptors (Lipinski definition) is 5. The lowest BCUT2D eigenvalue weighted by molar-refractivity contribution is -0.226. The molecule has 0 aromatic heterocycles. The van der Waals surface area contributed by atoms with E-state index in [1.165, 1.54) is 0 Å². The molecule has 28 heavy (non-hydrogen) atoms. The van der Waals surface area contributed by atoms with Crippen molar-refractivity contribution in [3.05, 3.63) is 22.4 Å². The highest BCUT2D eigenvalue weighted by atomic mass is 16.6. The van der Waals surface area contributed by atoms with Crippen LogP contribution in [-0.2, 0) is 14.3 Å². The first kappa shape index (κ1) is 18.5. The number of allylic oxidation sites excluding steroid dienone is 1. The van der Waals surface area contributed by atoms with Crippen LogP contribution in [-0.4, -0.2) is 51.8 Å². The Morgan fingerprint density at radius 3 is 2.57 bits per heavy atom. The van der Waals surface area contributed by atoms with Crippen molar-refractivity contribution in [2.24, 2.45) is 22.7 Å². The minimum atomic E-state index is -1.82. The van der Waals surface area contributed by atoms with E-state index in [4.69, 9.17) is 4.74 Å². The molecule has 0 radical (unpaired) electrons. The number of ether oxygens (including phenoxy) is 1. The van der Waals surface area contributed by atoms with Crippen molar-refractivity contribution >= 4 is 11.7 Å². The van der Waals surface area contributed by atoms with Gasteiger partial charge in [-0.3, -0.25) is 9.59 Å². The molecule has 1 amide bonds. The lowest BCUT2D eigenvalue weighted by Crippen LogP contribution is -2.45. The average molecular weight is 387 g/mol. The molecule has 152 valence electrons. The molecule has 5 atom stereocenters. The van der Waals surface area contributed by atoms with E-state index in [0.717, 1.165) is 18.4 Å². The molecule has 6 nitrogen and oxygen atoms in total. The first-order valence-corrected chi connectivity index (χ1v) is 10.5. The predicted molar refractivity (Wildman–Crippen MR) is 101 cm³/mol. The SMILES string of the molecule is CC(C)[C@H]1[C@@H](O)[C@@]2(O)OCCN3C(=O)C4=C5C3=C2[C@]1(C)CC[C@]5(C)CCC4=O. The maximum atomic E-state index is 13.3. The van der Waals surface area contributed by atoms with Gasteiger partial charge in [0.15, 0.2) is 5.78 Å². The smallest absolute Gasteiger partial charge is 0.262 e. The molecule has 5 rings (SSSR count). The molecule has 0 saturated heterocycles. The van der Waals surface area contributed by atoms with Crippen molar-refractivity contribution in [2.45, 2.75) is 65.3 Å². The molecular weight excluding hydrogens is 358 g/mol. The molecule has 2 N–H and O–H groups in total. The van der Waals surface area contributed by atoms with Crippen LogP contribution in [0.3, 0.4) is 0 Å². The Hall–Kier alpha value is -1.50. The largest absolute Gasteiger partial charge is 0.387 e. The standard InChI is InChI=1S/C22H29NO5/c1-11(2)14-18(25)22(27)17-16-15-13(19(26)23(16)9-10-28-22)12(24)5-6-20(15,3)7-8-21(14,17)4/h11,14,18,25,27H,5-10H2,1-4H3/t14-,18+,20-,21+,22-/m0/s1. The Bertz CT molecular complexity index is 872. The van der Waals surface area contributed by atoms with Crippen LogP contribution >= 0.6 is 0 Å². The number of Topliss-reactive ketones (excluding diaryl/α,β-unsaturated/α-hetero) is 1. The lowest BCUT2D eigenvalue weighted by atomic mass is 9.66. The normalized spacial score (nSPS) is 45.0. The number of rotatable bonds is 1. The molecule has 6 heteroatoms. The van der Waals surface area contributed by atoms with Crippen LogP contribution in [0.1, 0.15) is 53.4 Å². The molecule has 0 aromatic carbocycles. The number of carbonyl (C=O) groups excluding carboxylic acids is 2. The number of carbonyl (C=O) groups is 2. The van der Waals surface area contributed by atoms with Crippen molar-refractivity contribution in [1.82, 2.24) is 4.90 Å². The third kappa shape index (κ3) is 1.89. The van der Waals surface area contributed by atoms with Crippen LogP contribution in [0.15, 0.2) is 22.4 Å². The quantitative estimate of drug-likeness (QED) is 0.671. The highest BCUT2D eigenvalue weighted by Gasteiger charge is 2.68. The van der Waals surface area contributed by atoms with E-state index in [0.29, 0.717) is 29.7 Å². The second-order valence-electron chi connectivity index (χ2n) is 10.1. The molecule has 2 heterocycles. The molecule has 0 bridgehead atoms. The fourth-order valence-corrected chi connectivity index (χ4v) is 6.94. The first-order chi connectivity index (χ1) is 13.1. The molecular formula is C22H29NO5. The molecule has 0 unspecified atom stereocenters. The number of nitrogens with zero attached hydrogens (tertiary/aromatic N) is 1. The van der Waals surface area contributed by atoms with Gasteiger partial charge < -0.3 is 19.8 Å². The van der Waals surface area contributed by atoms with Gasteiger partial charge in [0.1, 0.15) is 6.10 Å². The van der Waals surface area contributed by atoms with Gasteiger partial charge >= 0.3 is 0 Å². The Kier molecular flexibility index (Phi) is 3.54. The summed E-state index contributed by atoms with van der Waals surface area (Å²) in [5, 5.41) is 22.9. The fraction of sp³-hybridized carbons (Fsp3) is 0.727. The summed E-state index contributed by atoms with van der Waals surface area (Å²) in [6.07, 6.45) is 1.64. The second-order valence-corrected chi connectivity index (χ2v) is 10.1. The van der Waals surface area contributed by atoms with Crippen LogP contribution in [0.2, 0.25) is 0 Å². The van der Waals surface area contributed by atoms with Gasteiger partial charge in [-0.25, -0.2) is 0 Å². The number of ketones is 1. The summed E-state index contributed by atoms with van der Waals surface area (Å²) in [4.78, 5) is 27.7.